The summed E-state index contributed by atoms with van der Waals surface area (Å²) in [5.74, 6) is 1.24. The van der Waals surface area contributed by atoms with Crippen molar-refractivity contribution in [2.75, 3.05) is 6.54 Å². The van der Waals surface area contributed by atoms with Gasteiger partial charge < -0.3 is 10.0 Å². The number of piperidine rings is 1. The van der Waals surface area contributed by atoms with E-state index >= 15 is 0 Å². The Kier molecular flexibility index (Phi) is 4.02. The van der Waals surface area contributed by atoms with Crippen molar-refractivity contribution in [2.45, 2.75) is 32.2 Å². The van der Waals surface area contributed by atoms with E-state index < -0.39 is 0 Å². The number of phenolic OH excluding ortho intramolecular Hbond substituents is 1. The molecule has 0 spiro atoms. The number of H-pyrrole nitrogens is 1. The molecule has 3 rings (SSSR count). The van der Waals surface area contributed by atoms with Crippen LogP contribution in [-0.2, 0) is 0 Å². The quantitative estimate of drug-likeness (QED) is 0.891. The number of aromatic hydroxyl groups is 1. The lowest BCUT2D eigenvalue weighted by Gasteiger charge is -2.34. The van der Waals surface area contributed by atoms with E-state index in [1.54, 1.807) is 11.0 Å². The largest absolute Gasteiger partial charge is 0.506 e. The van der Waals surface area contributed by atoms with Gasteiger partial charge in [0.2, 0.25) is 0 Å². The number of halogens is 1. The normalized spacial score (nSPS) is 18.5. The van der Waals surface area contributed by atoms with Crippen molar-refractivity contribution in [3.05, 3.63) is 40.4 Å². The highest BCUT2D eigenvalue weighted by molar-refractivity contribution is 6.32. The van der Waals surface area contributed by atoms with Crippen molar-refractivity contribution < 1.29 is 9.90 Å². The van der Waals surface area contributed by atoms with Gasteiger partial charge in [-0.2, -0.15) is 5.10 Å². The molecule has 1 aliphatic heterocycles. The summed E-state index contributed by atoms with van der Waals surface area (Å²) in [6, 6.07) is 4.39. The van der Waals surface area contributed by atoms with Gasteiger partial charge in [-0.1, -0.05) is 11.6 Å². The molecule has 1 saturated heterocycles. The zero-order valence-corrected chi connectivity index (χ0v) is 13.0. The second-order valence-electron chi connectivity index (χ2n) is 5.46. The van der Waals surface area contributed by atoms with Gasteiger partial charge in [0.1, 0.15) is 11.6 Å². The van der Waals surface area contributed by atoms with Crippen LogP contribution in [0.1, 0.15) is 47.3 Å². The minimum absolute atomic E-state index is 0.0296. The van der Waals surface area contributed by atoms with Gasteiger partial charge in [-0.25, -0.2) is 4.98 Å². The maximum absolute atomic E-state index is 12.8. The minimum atomic E-state index is -0.126. The summed E-state index contributed by atoms with van der Waals surface area (Å²) < 4.78 is 0. The fourth-order valence-corrected chi connectivity index (χ4v) is 2.94. The first-order valence-electron chi connectivity index (χ1n) is 7.24. The molecule has 1 atom stereocenters. The molecule has 1 amide bonds. The second-order valence-corrected chi connectivity index (χ2v) is 5.86. The zero-order chi connectivity index (χ0) is 15.7. The van der Waals surface area contributed by atoms with Crippen molar-refractivity contribution in [1.82, 2.24) is 20.1 Å². The molecule has 0 unspecified atom stereocenters. The number of aryl methyl sites for hydroxylation is 1. The monoisotopic (exact) mass is 320 g/mol. The molecule has 116 valence electrons. The molecular formula is C15H17ClN4O2. The molecule has 0 radical (unpaired) electrons. The Morgan fingerprint density at radius 3 is 2.95 bits per heavy atom. The lowest BCUT2D eigenvalue weighted by atomic mass is 10.00. The number of carbonyl (C=O) groups is 1. The van der Waals surface area contributed by atoms with Crippen LogP contribution in [0.2, 0.25) is 5.02 Å². The molecule has 1 aromatic carbocycles. The van der Waals surface area contributed by atoms with Gasteiger partial charge in [0.15, 0.2) is 5.82 Å². The summed E-state index contributed by atoms with van der Waals surface area (Å²) in [4.78, 5) is 18.9. The summed E-state index contributed by atoms with van der Waals surface area (Å²) in [5, 5.41) is 16.7. The number of benzene rings is 1. The molecule has 1 aliphatic rings. The van der Waals surface area contributed by atoms with Crippen molar-refractivity contribution in [3.8, 4) is 5.75 Å². The Bertz CT molecular complexity index is 701. The molecule has 0 saturated carbocycles. The number of aromatic nitrogens is 3. The van der Waals surface area contributed by atoms with Crippen LogP contribution in [0.5, 0.6) is 5.75 Å². The standard InChI is InChI=1S/C15H17ClN4O2/c1-9-17-14(19-18-9)12-4-2-3-7-20(12)15(22)10-5-6-13(21)11(16)8-10/h5-6,8,12,21H,2-4,7H2,1H3,(H,17,18,19)/t12-/m0/s1. The van der Waals surface area contributed by atoms with Crippen molar-refractivity contribution >= 4 is 17.5 Å². The molecule has 2 heterocycles. The van der Waals surface area contributed by atoms with Crippen LogP contribution in [0.15, 0.2) is 18.2 Å². The van der Waals surface area contributed by atoms with Crippen LogP contribution in [0.25, 0.3) is 0 Å². The Labute approximate surface area is 133 Å². The first-order valence-corrected chi connectivity index (χ1v) is 7.62. The minimum Gasteiger partial charge on any atom is -0.506 e. The SMILES string of the molecule is Cc1nc([C@@H]2CCCCN2C(=O)c2ccc(O)c(Cl)c2)n[nH]1. The number of hydrogen-bond donors (Lipinski definition) is 2. The summed E-state index contributed by atoms with van der Waals surface area (Å²) in [6.07, 6.45) is 2.84. The van der Waals surface area contributed by atoms with E-state index in [4.69, 9.17) is 11.6 Å². The smallest absolute Gasteiger partial charge is 0.254 e. The molecule has 2 aromatic rings. The van der Waals surface area contributed by atoms with Gasteiger partial charge in [-0.05, 0) is 44.4 Å². The molecule has 0 bridgehead atoms. The number of rotatable bonds is 2. The lowest BCUT2D eigenvalue weighted by Crippen LogP contribution is -2.39. The van der Waals surface area contributed by atoms with Crippen LogP contribution in [0, 0.1) is 6.92 Å². The van der Waals surface area contributed by atoms with Crippen LogP contribution in [0.3, 0.4) is 0 Å². The van der Waals surface area contributed by atoms with Crippen LogP contribution in [-0.4, -0.2) is 37.6 Å². The van der Waals surface area contributed by atoms with Gasteiger partial charge in [0.25, 0.3) is 5.91 Å². The summed E-state index contributed by atoms with van der Waals surface area (Å²) in [6.45, 7) is 2.50. The van der Waals surface area contributed by atoms with Crippen LogP contribution < -0.4 is 0 Å². The first-order chi connectivity index (χ1) is 10.6. The van der Waals surface area contributed by atoms with E-state index in [9.17, 15) is 9.90 Å². The van der Waals surface area contributed by atoms with E-state index in [-0.39, 0.29) is 22.7 Å². The molecule has 0 aliphatic carbocycles. The number of hydrogen-bond acceptors (Lipinski definition) is 4. The van der Waals surface area contributed by atoms with Crippen molar-refractivity contribution in [3.63, 3.8) is 0 Å². The maximum Gasteiger partial charge on any atom is 0.254 e. The topological polar surface area (TPSA) is 82.1 Å². The average molecular weight is 321 g/mol. The fourth-order valence-electron chi connectivity index (χ4n) is 2.76. The Morgan fingerprint density at radius 1 is 1.45 bits per heavy atom. The van der Waals surface area contributed by atoms with E-state index in [0.717, 1.165) is 25.1 Å². The van der Waals surface area contributed by atoms with E-state index in [0.29, 0.717) is 17.9 Å². The van der Waals surface area contributed by atoms with Crippen LogP contribution in [0.4, 0.5) is 0 Å². The van der Waals surface area contributed by atoms with Gasteiger partial charge in [0, 0.05) is 12.1 Å². The maximum atomic E-state index is 12.8. The Morgan fingerprint density at radius 2 is 2.27 bits per heavy atom. The third-order valence-electron chi connectivity index (χ3n) is 3.87. The predicted octanol–water partition coefficient (Wildman–Crippen LogP) is 2.84. The molecular weight excluding hydrogens is 304 g/mol. The van der Waals surface area contributed by atoms with Crippen molar-refractivity contribution in [1.29, 1.82) is 0 Å². The van der Waals surface area contributed by atoms with Gasteiger partial charge in [0.05, 0.1) is 11.1 Å². The fraction of sp³-hybridized carbons (Fsp3) is 0.400. The van der Waals surface area contributed by atoms with E-state index in [1.807, 2.05) is 6.92 Å². The molecule has 2 N–H and O–H groups in total. The van der Waals surface area contributed by atoms with Gasteiger partial charge >= 0.3 is 0 Å². The molecule has 6 nitrogen and oxygen atoms in total. The molecule has 7 heteroatoms. The third kappa shape index (κ3) is 2.78. The van der Waals surface area contributed by atoms with E-state index in [2.05, 4.69) is 15.2 Å². The zero-order valence-electron chi connectivity index (χ0n) is 12.2. The molecule has 22 heavy (non-hydrogen) atoms. The number of nitrogens with zero attached hydrogens (tertiary/aromatic N) is 3. The lowest BCUT2D eigenvalue weighted by molar-refractivity contribution is 0.0600. The Hall–Kier alpha value is -2.08. The second kappa shape index (κ2) is 5.96. The molecule has 1 fully saturated rings. The van der Waals surface area contributed by atoms with Gasteiger partial charge in [-0.15, -0.1) is 0 Å². The third-order valence-corrected chi connectivity index (χ3v) is 4.17. The molecule has 1 aromatic heterocycles. The van der Waals surface area contributed by atoms with Crippen molar-refractivity contribution in [2.24, 2.45) is 0 Å². The summed E-state index contributed by atoms with van der Waals surface area (Å²) in [5.41, 5.74) is 0.460. The highest BCUT2D eigenvalue weighted by Gasteiger charge is 2.31. The summed E-state index contributed by atoms with van der Waals surface area (Å²) >= 11 is 5.90. The highest BCUT2D eigenvalue weighted by Crippen LogP contribution is 2.31. The van der Waals surface area contributed by atoms with E-state index in [1.165, 1.54) is 12.1 Å². The van der Waals surface area contributed by atoms with Crippen LogP contribution >= 0.6 is 11.6 Å². The predicted molar refractivity (Wildman–Crippen MR) is 81.9 cm³/mol. The first kappa shape index (κ1) is 14.8. The van der Waals surface area contributed by atoms with Gasteiger partial charge in [-0.3, -0.25) is 9.89 Å². The number of aromatic amines is 1. The number of amides is 1. The number of carbonyl (C=O) groups excluding carboxylic acids is 1. The Balaban J connectivity index is 1.89. The number of likely N-dealkylation sites (tertiary alicyclic amines) is 1. The number of nitrogens with one attached hydrogen (secondary N) is 1. The number of phenols is 1. The summed E-state index contributed by atoms with van der Waals surface area (Å²) in [7, 11) is 0. The average Bonchev–Trinajstić information content (AvgIpc) is 2.96. The highest BCUT2D eigenvalue weighted by atomic mass is 35.5.